The molecule has 184 valence electrons. The minimum Gasteiger partial charge on any atom is -0.491 e. The van der Waals surface area contributed by atoms with Crippen molar-refractivity contribution in [3.05, 3.63) is 90.0 Å². The van der Waals surface area contributed by atoms with Crippen molar-refractivity contribution >= 4 is 6.41 Å². The summed E-state index contributed by atoms with van der Waals surface area (Å²) in [6.07, 6.45) is 2.33. The first-order valence-corrected chi connectivity index (χ1v) is 12.6. The maximum absolute atomic E-state index is 10.8. The molecule has 2 saturated heterocycles. The molecule has 2 unspecified atom stereocenters. The van der Waals surface area contributed by atoms with E-state index in [1.165, 1.54) is 23.1 Å². The van der Waals surface area contributed by atoms with Crippen LogP contribution in [0.3, 0.4) is 0 Å². The predicted molar refractivity (Wildman–Crippen MR) is 141 cm³/mol. The average molecular weight is 473 g/mol. The highest BCUT2D eigenvalue weighted by molar-refractivity contribution is 5.69. The zero-order valence-corrected chi connectivity index (χ0v) is 20.7. The Kier molecular flexibility index (Phi) is 8.93. The largest absolute Gasteiger partial charge is 0.491 e. The Balaban J connectivity index is 0.000000179. The first-order valence-electron chi connectivity index (χ1n) is 12.6. The summed E-state index contributed by atoms with van der Waals surface area (Å²) in [6.45, 7) is 8.25. The Morgan fingerprint density at radius 3 is 2.57 bits per heavy atom. The molecule has 5 nitrogen and oxygen atoms in total. The third-order valence-electron chi connectivity index (χ3n) is 6.47. The van der Waals surface area contributed by atoms with E-state index in [9.17, 15) is 4.79 Å². The highest BCUT2D eigenvalue weighted by Gasteiger charge is 2.22. The van der Waals surface area contributed by atoms with Crippen LogP contribution in [0.5, 0.6) is 5.75 Å². The normalized spacial score (nSPS) is 19.7. The van der Waals surface area contributed by atoms with Crippen LogP contribution >= 0.6 is 0 Å². The lowest BCUT2D eigenvalue weighted by molar-refractivity contribution is -0.126. The van der Waals surface area contributed by atoms with Gasteiger partial charge in [-0.2, -0.15) is 0 Å². The lowest BCUT2D eigenvalue weighted by Crippen LogP contribution is -2.38. The number of hydrogen-bond acceptors (Lipinski definition) is 4. The first kappa shape index (κ1) is 25.0. The van der Waals surface area contributed by atoms with Crippen LogP contribution in [0.1, 0.15) is 43.4 Å². The minimum absolute atomic E-state index is 0.0856. The summed E-state index contributed by atoms with van der Waals surface area (Å²) in [5.74, 6) is 1.57. The molecular formula is C30H36N2O3. The van der Waals surface area contributed by atoms with E-state index < -0.39 is 0 Å². The minimum atomic E-state index is 0.0856. The van der Waals surface area contributed by atoms with Gasteiger partial charge in [-0.15, -0.1) is 0 Å². The molecule has 0 spiro atoms. The molecule has 0 aliphatic carbocycles. The molecular weight excluding hydrogens is 436 g/mol. The number of hydrogen-bond donors (Lipinski definition) is 1. The second kappa shape index (κ2) is 12.5. The summed E-state index contributed by atoms with van der Waals surface area (Å²) in [5, 5.41) is 3.46. The van der Waals surface area contributed by atoms with E-state index in [1.807, 2.05) is 36.4 Å². The first-order chi connectivity index (χ1) is 17.2. The van der Waals surface area contributed by atoms with E-state index in [4.69, 9.17) is 9.47 Å². The molecule has 2 heterocycles. The number of nitrogens with zero attached hydrogens (tertiary/aromatic N) is 1. The highest BCUT2D eigenvalue weighted by atomic mass is 16.5. The zero-order valence-electron chi connectivity index (χ0n) is 20.7. The fourth-order valence-corrected chi connectivity index (χ4v) is 4.75. The number of morpholine rings is 1. The number of nitrogens with one attached hydrogen (secondary N) is 1. The monoisotopic (exact) mass is 472 g/mol. The molecule has 5 rings (SSSR count). The number of rotatable bonds is 6. The summed E-state index contributed by atoms with van der Waals surface area (Å²) in [4.78, 5) is 12.6. The SMILES string of the molecule is CC(C)Oc1cccc(-c2ccccc2C2CCNC2)c1.O=CN1CCOCC1c1ccccc1. The van der Waals surface area contributed by atoms with Crippen LogP contribution in [-0.4, -0.2) is 50.3 Å². The van der Waals surface area contributed by atoms with Crippen LogP contribution in [0, 0.1) is 0 Å². The highest BCUT2D eigenvalue weighted by Crippen LogP contribution is 2.34. The van der Waals surface area contributed by atoms with E-state index in [1.54, 1.807) is 4.90 Å². The van der Waals surface area contributed by atoms with Gasteiger partial charge in [-0.25, -0.2) is 0 Å². The molecule has 2 fully saturated rings. The van der Waals surface area contributed by atoms with E-state index in [0.29, 0.717) is 25.7 Å². The fourth-order valence-electron chi connectivity index (χ4n) is 4.75. The Morgan fingerprint density at radius 1 is 1.03 bits per heavy atom. The van der Waals surface area contributed by atoms with Crippen molar-refractivity contribution in [2.75, 3.05) is 32.8 Å². The summed E-state index contributed by atoms with van der Waals surface area (Å²) in [6, 6.07) is 27.3. The molecule has 3 aromatic rings. The van der Waals surface area contributed by atoms with Crippen LogP contribution < -0.4 is 10.1 Å². The number of benzene rings is 3. The van der Waals surface area contributed by atoms with Crippen LogP contribution in [0.4, 0.5) is 0 Å². The van der Waals surface area contributed by atoms with Gasteiger partial charge in [0, 0.05) is 13.1 Å². The summed E-state index contributed by atoms with van der Waals surface area (Å²) in [5.41, 5.74) is 5.17. The molecule has 0 bridgehead atoms. The number of amides is 1. The van der Waals surface area contributed by atoms with Gasteiger partial charge in [0.15, 0.2) is 0 Å². The zero-order chi connectivity index (χ0) is 24.5. The molecule has 5 heteroatoms. The van der Waals surface area contributed by atoms with E-state index in [2.05, 4.69) is 61.6 Å². The molecule has 3 aromatic carbocycles. The molecule has 1 N–H and O–H groups in total. The van der Waals surface area contributed by atoms with Crippen LogP contribution in [-0.2, 0) is 9.53 Å². The van der Waals surface area contributed by atoms with Crippen molar-refractivity contribution in [1.82, 2.24) is 10.2 Å². The van der Waals surface area contributed by atoms with E-state index in [-0.39, 0.29) is 12.1 Å². The predicted octanol–water partition coefficient (Wildman–Crippen LogP) is 5.43. The van der Waals surface area contributed by atoms with Gasteiger partial charge in [0.1, 0.15) is 5.75 Å². The fraction of sp³-hybridized carbons (Fsp3) is 0.367. The van der Waals surface area contributed by atoms with Crippen molar-refractivity contribution in [1.29, 1.82) is 0 Å². The molecule has 0 saturated carbocycles. The number of ether oxygens (including phenoxy) is 2. The third kappa shape index (κ3) is 6.71. The summed E-state index contributed by atoms with van der Waals surface area (Å²) < 4.78 is 11.2. The molecule has 2 atom stereocenters. The smallest absolute Gasteiger partial charge is 0.210 e. The second-order valence-electron chi connectivity index (χ2n) is 9.32. The Hall–Kier alpha value is -3.15. The van der Waals surface area contributed by atoms with Crippen molar-refractivity contribution in [2.24, 2.45) is 0 Å². The van der Waals surface area contributed by atoms with E-state index >= 15 is 0 Å². The van der Waals surface area contributed by atoms with Gasteiger partial charge in [-0.1, -0.05) is 66.7 Å². The lowest BCUT2D eigenvalue weighted by atomic mass is 9.90. The van der Waals surface area contributed by atoms with Gasteiger partial charge in [0.2, 0.25) is 6.41 Å². The van der Waals surface area contributed by atoms with Crippen molar-refractivity contribution in [2.45, 2.75) is 38.3 Å². The quantitative estimate of drug-likeness (QED) is 0.486. The van der Waals surface area contributed by atoms with Gasteiger partial charge in [-0.3, -0.25) is 4.79 Å². The van der Waals surface area contributed by atoms with Crippen molar-refractivity contribution in [3.8, 4) is 16.9 Å². The molecule has 2 aliphatic heterocycles. The Bertz CT molecular complexity index is 1060. The maximum Gasteiger partial charge on any atom is 0.210 e. The Labute approximate surface area is 209 Å². The van der Waals surface area contributed by atoms with Crippen LogP contribution in [0.25, 0.3) is 11.1 Å². The van der Waals surface area contributed by atoms with Gasteiger partial charge in [0.05, 0.1) is 25.4 Å². The van der Waals surface area contributed by atoms with Crippen LogP contribution in [0.2, 0.25) is 0 Å². The summed E-state index contributed by atoms with van der Waals surface area (Å²) in [7, 11) is 0. The van der Waals surface area contributed by atoms with Gasteiger partial charge in [-0.05, 0) is 67.1 Å². The summed E-state index contributed by atoms with van der Waals surface area (Å²) >= 11 is 0. The molecule has 2 aliphatic rings. The maximum atomic E-state index is 10.8. The molecule has 1 amide bonds. The van der Waals surface area contributed by atoms with Crippen LogP contribution in [0.15, 0.2) is 78.9 Å². The third-order valence-corrected chi connectivity index (χ3v) is 6.47. The second-order valence-corrected chi connectivity index (χ2v) is 9.32. The standard InChI is InChI=1S/C19H23NO.C11H13NO2/c1-14(2)21-17-7-5-6-15(12-17)18-8-3-4-9-19(18)16-10-11-20-13-16;13-9-12-6-7-14-8-11(12)10-4-2-1-3-5-10/h3-9,12,14,16,20H,10-11,13H2,1-2H3;1-5,9,11H,6-8H2. The van der Waals surface area contributed by atoms with Gasteiger partial charge >= 0.3 is 0 Å². The average Bonchev–Trinajstić information content (AvgIpc) is 3.44. The lowest BCUT2D eigenvalue weighted by Gasteiger charge is -2.32. The van der Waals surface area contributed by atoms with Crippen molar-refractivity contribution < 1.29 is 14.3 Å². The molecule has 0 aromatic heterocycles. The van der Waals surface area contributed by atoms with E-state index in [0.717, 1.165) is 30.8 Å². The van der Waals surface area contributed by atoms with Gasteiger partial charge in [0.25, 0.3) is 0 Å². The Morgan fingerprint density at radius 2 is 1.83 bits per heavy atom. The molecule has 35 heavy (non-hydrogen) atoms. The number of carbonyl (C=O) groups is 1. The van der Waals surface area contributed by atoms with Crippen molar-refractivity contribution in [3.63, 3.8) is 0 Å². The molecule has 0 radical (unpaired) electrons. The topological polar surface area (TPSA) is 50.8 Å². The number of carbonyl (C=O) groups excluding carboxylic acids is 1. The van der Waals surface area contributed by atoms with Gasteiger partial charge < -0.3 is 19.7 Å².